The summed E-state index contributed by atoms with van der Waals surface area (Å²) in [5.74, 6) is 0.183. The number of rotatable bonds is 2. The van der Waals surface area contributed by atoms with E-state index in [9.17, 15) is 4.79 Å². The predicted molar refractivity (Wildman–Crippen MR) is 59.1 cm³/mol. The van der Waals surface area contributed by atoms with Gasteiger partial charge >= 0.3 is 0 Å². The summed E-state index contributed by atoms with van der Waals surface area (Å²) < 4.78 is 0. The third-order valence-electron chi connectivity index (χ3n) is 2.79. The summed E-state index contributed by atoms with van der Waals surface area (Å²) in [4.78, 5) is 11.5. The molecule has 0 spiro atoms. The lowest BCUT2D eigenvalue weighted by Gasteiger charge is -2.15. The minimum atomic E-state index is 0.151. The molecule has 0 radical (unpaired) electrons. The summed E-state index contributed by atoms with van der Waals surface area (Å²) in [6.45, 7) is 4.76. The van der Waals surface area contributed by atoms with Gasteiger partial charge in [0.1, 0.15) is 0 Å². The molecule has 1 aliphatic rings. The van der Waals surface area contributed by atoms with Gasteiger partial charge in [-0.2, -0.15) is 0 Å². The molecule has 1 saturated heterocycles. The van der Waals surface area contributed by atoms with E-state index in [0.717, 1.165) is 6.54 Å². The summed E-state index contributed by atoms with van der Waals surface area (Å²) >= 11 is 0. The van der Waals surface area contributed by atoms with Gasteiger partial charge in [0.25, 0.3) is 0 Å². The van der Waals surface area contributed by atoms with Crippen molar-refractivity contribution in [2.75, 3.05) is 6.54 Å². The number of benzene rings is 1. The molecule has 15 heavy (non-hydrogen) atoms. The van der Waals surface area contributed by atoms with Crippen molar-refractivity contribution < 1.29 is 4.79 Å². The molecule has 0 bridgehead atoms. The molecule has 1 aromatic carbocycles. The molecular weight excluding hydrogens is 188 g/mol. The predicted octanol–water partition coefficient (Wildman–Crippen LogP) is 1.79. The molecule has 3 heteroatoms. The van der Waals surface area contributed by atoms with E-state index in [2.05, 4.69) is 36.6 Å². The van der Waals surface area contributed by atoms with E-state index >= 15 is 0 Å². The zero-order chi connectivity index (χ0) is 10.8. The lowest BCUT2D eigenvalue weighted by Crippen LogP contribution is -2.34. The van der Waals surface area contributed by atoms with Crippen molar-refractivity contribution in [1.29, 1.82) is 0 Å². The number of hydrogen-bond donors (Lipinski definition) is 1. The molecule has 0 aromatic heterocycles. The summed E-state index contributed by atoms with van der Waals surface area (Å²) in [5.41, 5.74) is 5.64. The highest BCUT2D eigenvalue weighted by Gasteiger charge is 2.28. The van der Waals surface area contributed by atoms with E-state index in [0.29, 0.717) is 6.42 Å². The van der Waals surface area contributed by atoms with Crippen LogP contribution < -0.4 is 5.43 Å². The zero-order valence-corrected chi connectivity index (χ0v) is 9.16. The Morgan fingerprint density at radius 1 is 1.40 bits per heavy atom. The standard InChI is InChI=1S/C12H16N2O/c1-3-14-12(15)8-11(13-14)10-6-4-9(2)5-7-10/h4-7,11,13H,3,8H2,1-2H3. The van der Waals surface area contributed by atoms with Crippen LogP contribution in [0, 0.1) is 6.92 Å². The topological polar surface area (TPSA) is 32.3 Å². The molecular formula is C12H16N2O. The van der Waals surface area contributed by atoms with Crippen LogP contribution >= 0.6 is 0 Å². The smallest absolute Gasteiger partial charge is 0.238 e. The van der Waals surface area contributed by atoms with Crippen LogP contribution in [0.3, 0.4) is 0 Å². The van der Waals surface area contributed by atoms with Crippen molar-refractivity contribution in [1.82, 2.24) is 10.4 Å². The van der Waals surface area contributed by atoms with Gasteiger partial charge in [-0.15, -0.1) is 0 Å². The minimum absolute atomic E-state index is 0.151. The normalized spacial score (nSPS) is 21.1. The molecule has 3 nitrogen and oxygen atoms in total. The van der Waals surface area contributed by atoms with E-state index in [1.54, 1.807) is 5.01 Å². The summed E-state index contributed by atoms with van der Waals surface area (Å²) in [6.07, 6.45) is 0.566. The van der Waals surface area contributed by atoms with Crippen LogP contribution in [-0.2, 0) is 4.79 Å². The molecule has 1 amide bonds. The molecule has 80 valence electrons. The highest BCUT2D eigenvalue weighted by atomic mass is 16.2. The molecule has 1 aromatic rings. The maximum absolute atomic E-state index is 11.5. The molecule has 1 N–H and O–H groups in total. The Balaban J connectivity index is 2.13. The van der Waals surface area contributed by atoms with Crippen molar-refractivity contribution in [3.8, 4) is 0 Å². The van der Waals surface area contributed by atoms with E-state index in [1.807, 2.05) is 6.92 Å². The van der Waals surface area contributed by atoms with Gasteiger partial charge in [0.2, 0.25) is 5.91 Å². The largest absolute Gasteiger partial charge is 0.278 e. The number of hydrazine groups is 1. The van der Waals surface area contributed by atoms with Crippen LogP contribution in [-0.4, -0.2) is 17.5 Å². The van der Waals surface area contributed by atoms with Crippen molar-refractivity contribution >= 4 is 5.91 Å². The Hall–Kier alpha value is -1.35. The van der Waals surface area contributed by atoms with Gasteiger partial charge in [-0.05, 0) is 19.4 Å². The number of nitrogens with zero attached hydrogens (tertiary/aromatic N) is 1. The Morgan fingerprint density at radius 3 is 2.60 bits per heavy atom. The first-order chi connectivity index (χ1) is 7.20. The van der Waals surface area contributed by atoms with Gasteiger partial charge in [-0.1, -0.05) is 29.8 Å². The third kappa shape index (κ3) is 2.02. The van der Waals surface area contributed by atoms with Crippen LogP contribution in [0.1, 0.15) is 30.5 Å². The van der Waals surface area contributed by atoms with Crippen LogP contribution in [0.2, 0.25) is 0 Å². The van der Waals surface area contributed by atoms with Crippen molar-refractivity contribution in [3.63, 3.8) is 0 Å². The molecule has 1 heterocycles. The number of carbonyl (C=O) groups excluding carboxylic acids is 1. The molecule has 1 fully saturated rings. The second kappa shape index (κ2) is 4.03. The second-order valence-corrected chi connectivity index (χ2v) is 3.93. The molecule has 0 aliphatic carbocycles. The van der Waals surface area contributed by atoms with Crippen LogP contribution in [0.4, 0.5) is 0 Å². The SMILES string of the molecule is CCN1NC(c2ccc(C)cc2)CC1=O. The average molecular weight is 204 g/mol. The molecule has 0 saturated carbocycles. The maximum Gasteiger partial charge on any atom is 0.238 e. The van der Waals surface area contributed by atoms with Crippen LogP contribution in [0.15, 0.2) is 24.3 Å². The average Bonchev–Trinajstić information content (AvgIpc) is 2.61. The lowest BCUT2D eigenvalue weighted by molar-refractivity contribution is -0.129. The first-order valence-electron chi connectivity index (χ1n) is 5.34. The quantitative estimate of drug-likeness (QED) is 0.796. The second-order valence-electron chi connectivity index (χ2n) is 3.93. The van der Waals surface area contributed by atoms with Gasteiger partial charge in [-0.3, -0.25) is 9.80 Å². The van der Waals surface area contributed by atoms with E-state index in [-0.39, 0.29) is 11.9 Å². The number of nitrogens with one attached hydrogen (secondary N) is 1. The highest BCUT2D eigenvalue weighted by molar-refractivity contribution is 5.78. The van der Waals surface area contributed by atoms with E-state index in [1.165, 1.54) is 11.1 Å². The van der Waals surface area contributed by atoms with Gasteiger partial charge < -0.3 is 0 Å². The third-order valence-corrected chi connectivity index (χ3v) is 2.79. The fourth-order valence-corrected chi connectivity index (χ4v) is 1.85. The first-order valence-corrected chi connectivity index (χ1v) is 5.34. The lowest BCUT2D eigenvalue weighted by atomic mass is 10.0. The maximum atomic E-state index is 11.5. The summed E-state index contributed by atoms with van der Waals surface area (Å²) in [7, 11) is 0. The number of aryl methyl sites for hydroxylation is 1. The summed E-state index contributed by atoms with van der Waals surface area (Å²) in [5, 5.41) is 1.69. The molecule has 1 unspecified atom stereocenters. The fourth-order valence-electron chi connectivity index (χ4n) is 1.85. The minimum Gasteiger partial charge on any atom is -0.278 e. The van der Waals surface area contributed by atoms with Gasteiger partial charge in [0.15, 0.2) is 0 Å². The number of carbonyl (C=O) groups is 1. The number of hydrogen-bond acceptors (Lipinski definition) is 2. The van der Waals surface area contributed by atoms with Crippen molar-refractivity contribution in [2.45, 2.75) is 26.3 Å². The van der Waals surface area contributed by atoms with Crippen LogP contribution in [0.5, 0.6) is 0 Å². The Kier molecular flexibility index (Phi) is 2.73. The molecule has 2 rings (SSSR count). The Labute approximate surface area is 90.1 Å². The van der Waals surface area contributed by atoms with Crippen LogP contribution in [0.25, 0.3) is 0 Å². The highest BCUT2D eigenvalue weighted by Crippen LogP contribution is 2.23. The Bertz CT molecular complexity index is 358. The monoisotopic (exact) mass is 204 g/mol. The Morgan fingerprint density at radius 2 is 2.07 bits per heavy atom. The van der Waals surface area contributed by atoms with E-state index < -0.39 is 0 Å². The summed E-state index contributed by atoms with van der Waals surface area (Å²) in [6, 6.07) is 8.48. The van der Waals surface area contributed by atoms with Crippen molar-refractivity contribution in [2.24, 2.45) is 0 Å². The molecule has 1 aliphatic heterocycles. The molecule has 1 atom stereocenters. The van der Waals surface area contributed by atoms with Crippen molar-refractivity contribution in [3.05, 3.63) is 35.4 Å². The van der Waals surface area contributed by atoms with Gasteiger partial charge in [-0.25, -0.2) is 5.43 Å². The number of amides is 1. The van der Waals surface area contributed by atoms with E-state index in [4.69, 9.17) is 0 Å². The van der Waals surface area contributed by atoms with Gasteiger partial charge in [0.05, 0.1) is 6.04 Å². The fraction of sp³-hybridized carbons (Fsp3) is 0.417. The first kappa shape index (κ1) is 10.2. The van der Waals surface area contributed by atoms with Gasteiger partial charge in [0, 0.05) is 13.0 Å². The zero-order valence-electron chi connectivity index (χ0n) is 9.16.